The molecule has 3 atom stereocenters. The molecule has 1 aliphatic rings. The average Bonchev–Trinajstić information content (AvgIpc) is 3.03. The van der Waals surface area contributed by atoms with Gasteiger partial charge in [0.2, 0.25) is 0 Å². The molecule has 2 unspecified atom stereocenters. The van der Waals surface area contributed by atoms with Crippen LogP contribution in [-0.2, 0) is 19.9 Å². The average molecular weight is 390 g/mol. The van der Waals surface area contributed by atoms with Crippen LogP contribution in [0.5, 0.6) is 0 Å². The van der Waals surface area contributed by atoms with Crippen LogP contribution in [0.15, 0.2) is 91.0 Å². The summed E-state index contributed by atoms with van der Waals surface area (Å²) >= 11 is 0. The highest BCUT2D eigenvalue weighted by Crippen LogP contribution is 2.40. The van der Waals surface area contributed by atoms with Gasteiger partial charge < -0.3 is 19.7 Å². The zero-order chi connectivity index (χ0) is 20.3. The van der Waals surface area contributed by atoms with Crippen molar-refractivity contribution < 1.29 is 24.5 Å². The number of carbonyl (C=O) groups excluding carboxylic acids is 1. The van der Waals surface area contributed by atoms with Crippen LogP contribution in [0.25, 0.3) is 0 Å². The van der Waals surface area contributed by atoms with Gasteiger partial charge in [0.25, 0.3) is 0 Å². The Morgan fingerprint density at radius 2 is 1.17 bits per heavy atom. The fourth-order valence-corrected chi connectivity index (χ4v) is 3.74. The van der Waals surface area contributed by atoms with E-state index in [1.165, 1.54) is 0 Å². The number of carbonyl (C=O) groups is 1. The summed E-state index contributed by atoms with van der Waals surface area (Å²) in [5, 5.41) is 19.9. The molecule has 0 bridgehead atoms. The lowest BCUT2D eigenvalue weighted by molar-refractivity contribution is -0.150. The third kappa shape index (κ3) is 3.56. The summed E-state index contributed by atoms with van der Waals surface area (Å²) in [5.41, 5.74) is 1.72. The first-order valence-corrected chi connectivity index (χ1v) is 9.50. The zero-order valence-corrected chi connectivity index (χ0v) is 15.7. The number of hydrogen-bond donors (Lipinski definition) is 2. The van der Waals surface area contributed by atoms with Crippen molar-refractivity contribution in [2.75, 3.05) is 6.61 Å². The molecule has 148 valence electrons. The molecule has 5 nitrogen and oxygen atoms in total. The topological polar surface area (TPSA) is 76.0 Å². The lowest BCUT2D eigenvalue weighted by Gasteiger charge is -2.36. The molecule has 0 radical (unpaired) electrons. The second-order valence-corrected chi connectivity index (χ2v) is 7.00. The first kappa shape index (κ1) is 19.3. The maximum atomic E-state index is 11.6. The molecular weight excluding hydrogens is 368 g/mol. The van der Waals surface area contributed by atoms with Gasteiger partial charge in [0.05, 0.1) is 6.61 Å². The highest BCUT2D eigenvalue weighted by atomic mass is 16.6. The summed E-state index contributed by atoms with van der Waals surface area (Å²) < 4.78 is 11.6. The fraction of sp³-hybridized carbons (Fsp3) is 0.208. The minimum absolute atomic E-state index is 0.0807. The molecule has 1 fully saturated rings. The van der Waals surface area contributed by atoms with Crippen molar-refractivity contribution in [2.24, 2.45) is 0 Å². The van der Waals surface area contributed by atoms with Crippen molar-refractivity contribution in [2.45, 2.75) is 23.9 Å². The monoisotopic (exact) mass is 390 g/mol. The number of cyclic esters (lactones) is 1. The van der Waals surface area contributed by atoms with E-state index in [-0.39, 0.29) is 6.61 Å². The molecule has 3 aromatic carbocycles. The van der Waals surface area contributed by atoms with E-state index in [2.05, 4.69) is 0 Å². The summed E-state index contributed by atoms with van der Waals surface area (Å²) in [6.45, 7) is -0.0807. The number of rotatable bonds is 6. The van der Waals surface area contributed by atoms with Crippen LogP contribution in [0.1, 0.15) is 16.7 Å². The standard InChI is InChI=1S/C24H22O5/c25-21-20(29-23(27)22(21)26)16-28-24(17-10-4-1-5-11-17,18-12-6-2-7-13-18)19-14-8-3-9-15-19/h1-15,20-22,25-26H,16H2/t20-,21?,22?/m1/s1. The van der Waals surface area contributed by atoms with Crippen molar-refractivity contribution in [3.05, 3.63) is 108 Å². The van der Waals surface area contributed by atoms with Gasteiger partial charge in [-0.1, -0.05) is 91.0 Å². The van der Waals surface area contributed by atoms with Crippen LogP contribution < -0.4 is 0 Å². The van der Waals surface area contributed by atoms with Gasteiger partial charge >= 0.3 is 5.97 Å². The molecule has 5 heteroatoms. The van der Waals surface area contributed by atoms with E-state index in [1.807, 2.05) is 91.0 Å². The maximum Gasteiger partial charge on any atom is 0.338 e. The molecule has 0 aromatic heterocycles. The van der Waals surface area contributed by atoms with Crippen molar-refractivity contribution >= 4 is 5.97 Å². The molecule has 0 spiro atoms. The molecule has 0 aliphatic carbocycles. The highest BCUT2D eigenvalue weighted by Gasteiger charge is 2.45. The Bertz CT molecular complexity index is 846. The number of aliphatic hydroxyl groups excluding tert-OH is 2. The van der Waals surface area contributed by atoms with Gasteiger partial charge in [-0.25, -0.2) is 4.79 Å². The SMILES string of the molecule is O=C1O[C@H](COC(c2ccccc2)(c2ccccc2)c2ccccc2)C(O)C1O. The molecule has 4 rings (SSSR count). The molecule has 1 saturated heterocycles. The van der Waals surface area contributed by atoms with Gasteiger partial charge in [0.15, 0.2) is 12.2 Å². The van der Waals surface area contributed by atoms with Crippen LogP contribution in [0.4, 0.5) is 0 Å². The number of benzene rings is 3. The molecular formula is C24H22O5. The zero-order valence-electron chi connectivity index (χ0n) is 15.7. The minimum Gasteiger partial charge on any atom is -0.455 e. The smallest absolute Gasteiger partial charge is 0.338 e. The minimum atomic E-state index is -1.55. The second kappa shape index (κ2) is 8.17. The Morgan fingerprint density at radius 1 is 0.759 bits per heavy atom. The predicted molar refractivity (Wildman–Crippen MR) is 107 cm³/mol. The summed E-state index contributed by atoms with van der Waals surface area (Å²) in [4.78, 5) is 11.6. The van der Waals surface area contributed by atoms with Crippen molar-refractivity contribution in [3.63, 3.8) is 0 Å². The first-order valence-electron chi connectivity index (χ1n) is 9.50. The Morgan fingerprint density at radius 3 is 1.52 bits per heavy atom. The fourth-order valence-electron chi connectivity index (χ4n) is 3.74. The highest BCUT2D eigenvalue weighted by molar-refractivity contribution is 5.77. The molecule has 3 aromatic rings. The van der Waals surface area contributed by atoms with Gasteiger partial charge in [-0.15, -0.1) is 0 Å². The molecule has 0 saturated carbocycles. The molecule has 0 amide bonds. The van der Waals surface area contributed by atoms with Gasteiger partial charge in [-0.3, -0.25) is 0 Å². The molecule has 29 heavy (non-hydrogen) atoms. The molecule has 2 N–H and O–H groups in total. The number of ether oxygens (including phenoxy) is 2. The van der Waals surface area contributed by atoms with Crippen LogP contribution in [-0.4, -0.2) is 41.1 Å². The lowest BCUT2D eigenvalue weighted by atomic mass is 9.80. The van der Waals surface area contributed by atoms with Crippen molar-refractivity contribution in [3.8, 4) is 0 Å². The summed E-state index contributed by atoms with van der Waals surface area (Å²) in [6, 6.07) is 29.3. The molecule has 1 heterocycles. The van der Waals surface area contributed by atoms with Gasteiger partial charge in [0, 0.05) is 0 Å². The summed E-state index contributed by atoms with van der Waals surface area (Å²) in [6.07, 6.45) is -3.83. The predicted octanol–water partition coefficient (Wildman–Crippen LogP) is 2.64. The van der Waals surface area contributed by atoms with Crippen molar-refractivity contribution in [1.82, 2.24) is 0 Å². The van der Waals surface area contributed by atoms with E-state index in [9.17, 15) is 15.0 Å². The Balaban J connectivity index is 1.81. The third-order valence-electron chi connectivity index (χ3n) is 5.22. The van der Waals surface area contributed by atoms with Crippen LogP contribution >= 0.6 is 0 Å². The van der Waals surface area contributed by atoms with Gasteiger partial charge in [-0.05, 0) is 16.7 Å². The van der Waals surface area contributed by atoms with E-state index < -0.39 is 29.9 Å². The quantitative estimate of drug-likeness (QED) is 0.500. The largest absolute Gasteiger partial charge is 0.455 e. The van der Waals surface area contributed by atoms with E-state index in [4.69, 9.17) is 9.47 Å². The summed E-state index contributed by atoms with van der Waals surface area (Å²) in [5.74, 6) is -0.837. The number of esters is 1. The van der Waals surface area contributed by atoms with Crippen LogP contribution in [0, 0.1) is 0 Å². The van der Waals surface area contributed by atoms with Crippen LogP contribution in [0.3, 0.4) is 0 Å². The summed E-state index contributed by atoms with van der Waals surface area (Å²) in [7, 11) is 0. The van der Waals surface area contributed by atoms with Gasteiger partial charge in [0.1, 0.15) is 11.7 Å². The molecule has 1 aliphatic heterocycles. The van der Waals surface area contributed by atoms with E-state index in [0.29, 0.717) is 0 Å². The van der Waals surface area contributed by atoms with E-state index in [1.54, 1.807) is 0 Å². The Hall–Kier alpha value is -2.99. The number of hydrogen-bond acceptors (Lipinski definition) is 5. The lowest BCUT2D eigenvalue weighted by Crippen LogP contribution is -2.39. The Kier molecular flexibility index (Phi) is 5.45. The first-order chi connectivity index (χ1) is 14.1. The van der Waals surface area contributed by atoms with E-state index >= 15 is 0 Å². The normalized spacial score (nSPS) is 21.7. The maximum absolute atomic E-state index is 11.6. The van der Waals surface area contributed by atoms with E-state index in [0.717, 1.165) is 16.7 Å². The van der Waals surface area contributed by atoms with Crippen molar-refractivity contribution in [1.29, 1.82) is 0 Å². The van der Waals surface area contributed by atoms with Crippen LogP contribution in [0.2, 0.25) is 0 Å². The Labute approximate surface area is 169 Å². The number of aliphatic hydroxyl groups is 2. The van der Waals surface area contributed by atoms with Gasteiger partial charge in [-0.2, -0.15) is 0 Å². The third-order valence-corrected chi connectivity index (χ3v) is 5.22. The second-order valence-electron chi connectivity index (χ2n) is 7.00.